The van der Waals surface area contributed by atoms with Gasteiger partial charge in [-0.15, -0.1) is 0 Å². The highest BCUT2D eigenvalue weighted by atomic mass is 15.1. The Labute approximate surface area is 219 Å². The van der Waals surface area contributed by atoms with Crippen LogP contribution in [-0.2, 0) is 13.1 Å². The van der Waals surface area contributed by atoms with Crippen LogP contribution in [0, 0.1) is 28.6 Å². The van der Waals surface area contributed by atoms with E-state index in [9.17, 15) is 5.26 Å². The first-order chi connectivity index (χ1) is 18.0. The maximum atomic E-state index is 9.67. The Morgan fingerprint density at radius 1 is 1.08 bits per heavy atom. The Kier molecular flexibility index (Phi) is 7.40. The predicted molar refractivity (Wildman–Crippen MR) is 148 cm³/mol. The van der Waals surface area contributed by atoms with E-state index in [-0.39, 0.29) is 5.41 Å². The molecular weight excluding hydrogens is 458 g/mol. The molecule has 0 saturated heterocycles. The average Bonchev–Trinajstić information content (AvgIpc) is 2.93. The van der Waals surface area contributed by atoms with E-state index in [1.165, 1.54) is 12.8 Å². The highest BCUT2D eigenvalue weighted by molar-refractivity contribution is 5.65. The lowest BCUT2D eigenvalue weighted by atomic mass is 9.58. The van der Waals surface area contributed by atoms with Gasteiger partial charge in [-0.25, -0.2) is 4.98 Å². The summed E-state index contributed by atoms with van der Waals surface area (Å²) in [6.45, 7) is 4.26. The van der Waals surface area contributed by atoms with Crippen molar-refractivity contribution < 1.29 is 0 Å². The van der Waals surface area contributed by atoms with Crippen LogP contribution in [0.15, 0.2) is 54.7 Å². The Bertz CT molecular complexity index is 1280. The Hall–Kier alpha value is -3.47. The van der Waals surface area contributed by atoms with Gasteiger partial charge >= 0.3 is 0 Å². The largest absolute Gasteiger partial charge is 0.368 e. The van der Waals surface area contributed by atoms with Gasteiger partial charge in [-0.2, -0.15) is 10.2 Å². The summed E-state index contributed by atoms with van der Waals surface area (Å²) in [6, 6.07) is 19.3. The summed E-state index contributed by atoms with van der Waals surface area (Å²) >= 11 is 0. The van der Waals surface area contributed by atoms with E-state index in [2.05, 4.69) is 70.0 Å². The third-order valence-corrected chi connectivity index (χ3v) is 8.21. The van der Waals surface area contributed by atoms with Crippen LogP contribution in [0.5, 0.6) is 0 Å². The summed E-state index contributed by atoms with van der Waals surface area (Å²) in [5.74, 6) is 2.39. The number of hydrogen-bond donors (Lipinski definition) is 4. The van der Waals surface area contributed by atoms with Gasteiger partial charge in [-0.05, 0) is 83.7 Å². The highest BCUT2D eigenvalue weighted by Gasteiger charge is 2.44. The number of aromatic nitrogens is 2. The maximum absolute atomic E-state index is 9.67. The summed E-state index contributed by atoms with van der Waals surface area (Å²) in [4.78, 5) is 9.08. The zero-order valence-electron chi connectivity index (χ0n) is 21.6. The van der Waals surface area contributed by atoms with Crippen LogP contribution in [0.1, 0.15) is 55.7 Å². The van der Waals surface area contributed by atoms with Gasteiger partial charge in [0.25, 0.3) is 0 Å². The molecule has 1 unspecified atom stereocenters. The molecule has 2 fully saturated rings. The third kappa shape index (κ3) is 5.76. The van der Waals surface area contributed by atoms with Crippen LogP contribution in [0.3, 0.4) is 0 Å². The molecule has 5 rings (SSSR count). The molecule has 1 heterocycles. The number of nitrogens with zero attached hydrogens (tertiary/aromatic N) is 3. The van der Waals surface area contributed by atoms with E-state index >= 15 is 0 Å². The second kappa shape index (κ2) is 10.9. The van der Waals surface area contributed by atoms with Gasteiger partial charge in [-0.1, -0.05) is 43.3 Å². The minimum Gasteiger partial charge on any atom is -0.368 e. The number of rotatable bonds is 8. The summed E-state index contributed by atoms with van der Waals surface area (Å²) in [6.07, 6.45) is 7.40. The fraction of sp³-hybridized carbons (Fsp3) is 0.433. The smallest absolute Gasteiger partial charge is 0.224 e. The monoisotopic (exact) mass is 495 g/mol. The third-order valence-electron chi connectivity index (χ3n) is 8.21. The van der Waals surface area contributed by atoms with E-state index in [4.69, 9.17) is 11.5 Å². The van der Waals surface area contributed by atoms with Crippen LogP contribution in [0.25, 0.3) is 11.1 Å². The second-order valence-electron chi connectivity index (χ2n) is 11.1. The number of benzene rings is 2. The molecule has 2 aliphatic rings. The Morgan fingerprint density at radius 2 is 1.84 bits per heavy atom. The molecule has 7 nitrogen and oxygen atoms in total. The van der Waals surface area contributed by atoms with Crippen molar-refractivity contribution in [3.05, 3.63) is 71.4 Å². The second-order valence-corrected chi connectivity index (χ2v) is 11.1. The molecule has 2 aromatic carbocycles. The molecule has 7 heteroatoms. The highest BCUT2D eigenvalue weighted by Crippen LogP contribution is 2.50. The van der Waals surface area contributed by atoms with Crippen molar-refractivity contribution in [2.75, 3.05) is 17.2 Å². The number of anilines is 2. The Balaban J connectivity index is 1.27. The maximum Gasteiger partial charge on any atom is 0.224 e. The van der Waals surface area contributed by atoms with Gasteiger partial charge in [0.15, 0.2) is 0 Å². The zero-order chi connectivity index (χ0) is 25.8. The lowest BCUT2D eigenvalue weighted by molar-refractivity contribution is 0.0430. The molecule has 2 bridgehead atoms. The molecular formula is C30H37N7. The molecule has 4 atom stereocenters. The van der Waals surface area contributed by atoms with Crippen LogP contribution >= 0.6 is 0 Å². The summed E-state index contributed by atoms with van der Waals surface area (Å²) in [7, 11) is 0. The first kappa shape index (κ1) is 25.2. The molecule has 0 spiro atoms. The van der Waals surface area contributed by atoms with Gasteiger partial charge in [0, 0.05) is 25.7 Å². The number of nitriles is 1. The lowest BCUT2D eigenvalue weighted by Crippen LogP contribution is -2.48. The van der Waals surface area contributed by atoms with Crippen LogP contribution in [0.2, 0.25) is 0 Å². The van der Waals surface area contributed by atoms with Gasteiger partial charge in [0.2, 0.25) is 5.95 Å². The first-order valence-electron chi connectivity index (χ1n) is 13.4. The van der Waals surface area contributed by atoms with E-state index in [0.29, 0.717) is 48.3 Å². The molecule has 1 aromatic heterocycles. The molecule has 192 valence electrons. The predicted octanol–water partition coefficient (Wildman–Crippen LogP) is 5.04. The average molecular weight is 496 g/mol. The summed E-state index contributed by atoms with van der Waals surface area (Å²) in [5, 5.41) is 16.5. The van der Waals surface area contributed by atoms with Gasteiger partial charge in [0.05, 0.1) is 6.20 Å². The van der Waals surface area contributed by atoms with E-state index in [0.717, 1.165) is 48.1 Å². The molecule has 2 saturated carbocycles. The fourth-order valence-electron chi connectivity index (χ4n) is 6.41. The van der Waals surface area contributed by atoms with Gasteiger partial charge < -0.3 is 22.1 Å². The van der Waals surface area contributed by atoms with Gasteiger partial charge in [0.1, 0.15) is 17.5 Å². The normalized spacial score (nSPS) is 24.8. The van der Waals surface area contributed by atoms with Crippen molar-refractivity contribution in [1.29, 1.82) is 5.26 Å². The standard InChI is InChI=1S/C30H37N7/c1-20-10-25-14-30(13-20,9-8-27(25)33)19-36-28-26(16-32)18-35-29(37-28)34-17-22-5-3-7-24(12-22)23-6-2-4-21(11-23)15-31/h2-7,11-12,18,20,25,27H,8-10,13-15,17,19,31,33H2,1H3,(H2,34,35,36,37)/t20?,25-,27+,30-/m0/s1. The van der Waals surface area contributed by atoms with Crippen LogP contribution in [-0.4, -0.2) is 22.6 Å². The first-order valence-corrected chi connectivity index (χ1v) is 13.4. The van der Waals surface area contributed by atoms with E-state index in [1.54, 1.807) is 6.20 Å². The Morgan fingerprint density at radius 3 is 2.59 bits per heavy atom. The van der Waals surface area contributed by atoms with Crippen molar-refractivity contribution in [2.45, 2.75) is 58.2 Å². The molecule has 6 N–H and O–H groups in total. The SMILES string of the molecule is CC1C[C@H]2C[C@](CNc3nc(NCc4cccc(-c5cccc(CN)c5)c4)ncc3C#N)(CC[C@H]2N)C1. The van der Waals surface area contributed by atoms with Crippen LogP contribution < -0.4 is 22.1 Å². The van der Waals surface area contributed by atoms with Crippen molar-refractivity contribution in [2.24, 2.45) is 28.7 Å². The zero-order valence-corrected chi connectivity index (χ0v) is 21.6. The molecule has 2 aliphatic carbocycles. The van der Waals surface area contributed by atoms with Crippen molar-refractivity contribution >= 4 is 11.8 Å². The molecule has 3 aromatic rings. The fourth-order valence-corrected chi connectivity index (χ4v) is 6.41. The number of nitrogens with two attached hydrogens (primary N) is 2. The molecule has 37 heavy (non-hydrogen) atoms. The quantitative estimate of drug-likeness (QED) is 0.345. The summed E-state index contributed by atoms with van der Waals surface area (Å²) < 4.78 is 0. The molecule has 0 radical (unpaired) electrons. The molecule has 0 amide bonds. The molecule has 0 aliphatic heterocycles. The van der Waals surface area contributed by atoms with Gasteiger partial charge in [-0.3, -0.25) is 0 Å². The minimum atomic E-state index is 0.227. The van der Waals surface area contributed by atoms with E-state index < -0.39 is 0 Å². The van der Waals surface area contributed by atoms with Crippen molar-refractivity contribution in [3.63, 3.8) is 0 Å². The number of nitrogens with one attached hydrogen (secondary N) is 2. The summed E-state index contributed by atoms with van der Waals surface area (Å²) in [5.41, 5.74) is 17.5. The number of hydrogen-bond acceptors (Lipinski definition) is 7. The van der Waals surface area contributed by atoms with Crippen molar-refractivity contribution in [1.82, 2.24) is 9.97 Å². The topological polar surface area (TPSA) is 126 Å². The van der Waals surface area contributed by atoms with Crippen molar-refractivity contribution in [3.8, 4) is 17.2 Å². The minimum absolute atomic E-state index is 0.227. The lowest BCUT2D eigenvalue weighted by Gasteiger charge is -2.50. The number of fused-ring (bicyclic) bond motifs is 2. The van der Waals surface area contributed by atoms with E-state index in [1.807, 2.05) is 12.1 Å². The van der Waals surface area contributed by atoms with Crippen LogP contribution in [0.4, 0.5) is 11.8 Å².